The molecule has 2 nitrogen and oxygen atoms in total. The fourth-order valence-electron chi connectivity index (χ4n) is 1.80. The van der Waals surface area contributed by atoms with Gasteiger partial charge in [0.15, 0.2) is 0 Å². The Hall–Kier alpha value is -0.740. The first-order valence-corrected chi connectivity index (χ1v) is 6.53. The van der Waals surface area contributed by atoms with Gasteiger partial charge < -0.3 is 10.5 Å². The Kier molecular flexibility index (Phi) is 4.07. The maximum atomic E-state index is 13.1. The average molecular weight is 241 g/mol. The summed E-state index contributed by atoms with van der Waals surface area (Å²) in [6.07, 6.45) is 3.81. The first-order valence-electron chi connectivity index (χ1n) is 5.54. The molecular weight excluding hydrogens is 225 g/mol. The molecular formula is C12H16FNOS. The second-order valence-electron chi connectivity index (χ2n) is 4.02. The lowest BCUT2D eigenvalue weighted by molar-refractivity contribution is 0.0315. The van der Waals surface area contributed by atoms with Gasteiger partial charge in [-0.1, -0.05) is 0 Å². The van der Waals surface area contributed by atoms with E-state index in [1.54, 1.807) is 17.8 Å². The van der Waals surface area contributed by atoms with E-state index in [0.717, 1.165) is 30.1 Å². The van der Waals surface area contributed by atoms with E-state index in [-0.39, 0.29) is 5.82 Å². The van der Waals surface area contributed by atoms with Crippen molar-refractivity contribution in [3.8, 4) is 0 Å². The highest BCUT2D eigenvalue weighted by Crippen LogP contribution is 2.25. The molecule has 2 rings (SSSR count). The lowest BCUT2D eigenvalue weighted by Gasteiger charge is -2.22. The molecule has 1 aromatic rings. The molecule has 1 atom stereocenters. The van der Waals surface area contributed by atoms with E-state index >= 15 is 0 Å². The summed E-state index contributed by atoms with van der Waals surface area (Å²) in [5, 5.41) is 0. The van der Waals surface area contributed by atoms with Crippen LogP contribution in [-0.4, -0.2) is 18.5 Å². The van der Waals surface area contributed by atoms with Gasteiger partial charge in [0, 0.05) is 22.9 Å². The lowest BCUT2D eigenvalue weighted by atomic mass is 10.1. The normalized spacial score (nSPS) is 20.9. The minimum absolute atomic E-state index is 0.271. The van der Waals surface area contributed by atoms with Crippen molar-refractivity contribution in [2.75, 3.05) is 18.1 Å². The molecule has 1 unspecified atom stereocenters. The molecule has 1 aromatic carbocycles. The highest BCUT2D eigenvalue weighted by molar-refractivity contribution is 7.99. The number of hydrogen-bond donors (Lipinski definition) is 1. The first-order chi connectivity index (χ1) is 7.74. The predicted molar refractivity (Wildman–Crippen MR) is 65.1 cm³/mol. The van der Waals surface area contributed by atoms with Crippen LogP contribution < -0.4 is 5.73 Å². The van der Waals surface area contributed by atoms with Gasteiger partial charge in [-0.15, -0.1) is 11.8 Å². The maximum Gasteiger partial charge on any atom is 0.126 e. The standard InChI is InChI=1S/C12H16FNOS/c13-9-5-10(14)7-12(6-9)16-8-11-3-1-2-4-15-11/h5-7,11H,1-4,8,14H2. The third-order valence-corrected chi connectivity index (χ3v) is 3.71. The Bertz CT molecular complexity index is 333. The molecule has 0 radical (unpaired) electrons. The molecule has 0 amide bonds. The third kappa shape index (κ3) is 3.39. The summed E-state index contributed by atoms with van der Waals surface area (Å²) in [5.41, 5.74) is 6.06. The molecule has 1 heterocycles. The van der Waals surface area contributed by atoms with Crippen LogP contribution in [0.1, 0.15) is 19.3 Å². The van der Waals surface area contributed by atoms with E-state index in [1.165, 1.54) is 18.6 Å². The summed E-state index contributed by atoms with van der Waals surface area (Å²) in [6, 6.07) is 4.65. The zero-order valence-electron chi connectivity index (χ0n) is 9.12. The van der Waals surface area contributed by atoms with Crippen LogP contribution >= 0.6 is 11.8 Å². The topological polar surface area (TPSA) is 35.2 Å². The van der Waals surface area contributed by atoms with Crippen molar-refractivity contribution in [3.05, 3.63) is 24.0 Å². The molecule has 88 valence electrons. The zero-order chi connectivity index (χ0) is 11.4. The highest BCUT2D eigenvalue weighted by Gasteiger charge is 2.14. The van der Waals surface area contributed by atoms with Crippen LogP contribution in [-0.2, 0) is 4.74 Å². The Morgan fingerprint density at radius 3 is 2.94 bits per heavy atom. The molecule has 16 heavy (non-hydrogen) atoms. The fourth-order valence-corrected chi connectivity index (χ4v) is 2.85. The first kappa shape index (κ1) is 11.7. The molecule has 1 saturated heterocycles. The zero-order valence-corrected chi connectivity index (χ0v) is 9.93. The van der Waals surface area contributed by atoms with Gasteiger partial charge in [0.2, 0.25) is 0 Å². The average Bonchev–Trinajstić information content (AvgIpc) is 2.27. The number of anilines is 1. The molecule has 4 heteroatoms. The van der Waals surface area contributed by atoms with Crippen molar-refractivity contribution < 1.29 is 9.13 Å². The highest BCUT2D eigenvalue weighted by atomic mass is 32.2. The Balaban J connectivity index is 1.88. The smallest absolute Gasteiger partial charge is 0.126 e. The molecule has 2 N–H and O–H groups in total. The summed E-state index contributed by atoms with van der Waals surface area (Å²) >= 11 is 1.61. The Morgan fingerprint density at radius 2 is 2.25 bits per heavy atom. The summed E-state index contributed by atoms with van der Waals surface area (Å²) in [7, 11) is 0. The largest absolute Gasteiger partial charge is 0.399 e. The summed E-state index contributed by atoms with van der Waals surface area (Å²) < 4.78 is 18.7. The van der Waals surface area contributed by atoms with Crippen molar-refractivity contribution >= 4 is 17.4 Å². The molecule has 0 aliphatic carbocycles. The van der Waals surface area contributed by atoms with Gasteiger partial charge >= 0.3 is 0 Å². The van der Waals surface area contributed by atoms with Crippen molar-refractivity contribution in [2.24, 2.45) is 0 Å². The van der Waals surface area contributed by atoms with Gasteiger partial charge in [0.05, 0.1) is 6.10 Å². The Morgan fingerprint density at radius 1 is 1.38 bits per heavy atom. The fraction of sp³-hybridized carbons (Fsp3) is 0.500. The van der Waals surface area contributed by atoms with Gasteiger partial charge in [0.25, 0.3) is 0 Å². The molecule has 1 aliphatic rings. The van der Waals surface area contributed by atoms with E-state index in [4.69, 9.17) is 10.5 Å². The van der Waals surface area contributed by atoms with E-state index in [1.807, 2.05) is 0 Å². The molecule has 1 fully saturated rings. The molecule has 1 aliphatic heterocycles. The minimum atomic E-state index is -0.271. The number of nitrogens with two attached hydrogens (primary N) is 1. The van der Waals surface area contributed by atoms with E-state index in [2.05, 4.69) is 0 Å². The number of hydrogen-bond acceptors (Lipinski definition) is 3. The van der Waals surface area contributed by atoms with E-state index in [9.17, 15) is 4.39 Å². The van der Waals surface area contributed by atoms with Crippen LogP contribution in [0.25, 0.3) is 0 Å². The van der Waals surface area contributed by atoms with Crippen LogP contribution in [0.4, 0.5) is 10.1 Å². The minimum Gasteiger partial charge on any atom is -0.399 e. The number of ether oxygens (including phenoxy) is 1. The quantitative estimate of drug-likeness (QED) is 0.652. The van der Waals surface area contributed by atoms with E-state index < -0.39 is 0 Å². The second-order valence-corrected chi connectivity index (χ2v) is 5.11. The number of rotatable bonds is 3. The number of thioether (sulfide) groups is 1. The monoisotopic (exact) mass is 241 g/mol. The van der Waals surface area contributed by atoms with Crippen LogP contribution in [0, 0.1) is 5.82 Å². The van der Waals surface area contributed by atoms with Crippen LogP contribution in [0.5, 0.6) is 0 Å². The van der Waals surface area contributed by atoms with Gasteiger partial charge in [-0.05, 0) is 37.5 Å². The van der Waals surface area contributed by atoms with Gasteiger partial charge in [-0.25, -0.2) is 4.39 Å². The van der Waals surface area contributed by atoms with Crippen LogP contribution in [0.3, 0.4) is 0 Å². The van der Waals surface area contributed by atoms with Crippen molar-refractivity contribution in [1.29, 1.82) is 0 Å². The van der Waals surface area contributed by atoms with Crippen LogP contribution in [0.2, 0.25) is 0 Å². The molecule has 0 spiro atoms. The number of halogens is 1. The van der Waals surface area contributed by atoms with Gasteiger partial charge in [-0.3, -0.25) is 0 Å². The van der Waals surface area contributed by atoms with E-state index in [0.29, 0.717) is 11.8 Å². The van der Waals surface area contributed by atoms with Crippen LogP contribution in [0.15, 0.2) is 23.1 Å². The Labute approximate surface area is 99.4 Å². The second kappa shape index (κ2) is 5.55. The van der Waals surface area contributed by atoms with Crippen molar-refractivity contribution in [3.63, 3.8) is 0 Å². The van der Waals surface area contributed by atoms with Crippen molar-refractivity contribution in [1.82, 2.24) is 0 Å². The van der Waals surface area contributed by atoms with Crippen molar-refractivity contribution in [2.45, 2.75) is 30.3 Å². The molecule has 0 aromatic heterocycles. The molecule has 0 bridgehead atoms. The number of nitrogen functional groups attached to an aromatic ring is 1. The summed E-state index contributed by atoms with van der Waals surface area (Å²) in [4.78, 5) is 0.881. The lowest BCUT2D eigenvalue weighted by Crippen LogP contribution is -2.21. The van der Waals surface area contributed by atoms with Gasteiger partial charge in [-0.2, -0.15) is 0 Å². The predicted octanol–water partition coefficient (Wildman–Crippen LogP) is 3.07. The summed E-state index contributed by atoms with van der Waals surface area (Å²) in [5.74, 6) is 0.607. The van der Waals surface area contributed by atoms with Gasteiger partial charge in [0.1, 0.15) is 5.82 Å². The molecule has 0 saturated carbocycles. The SMILES string of the molecule is Nc1cc(F)cc(SCC2CCCCO2)c1. The maximum absolute atomic E-state index is 13.1. The summed E-state index contributed by atoms with van der Waals surface area (Å²) in [6.45, 7) is 0.858. The third-order valence-electron chi connectivity index (χ3n) is 2.60. The number of benzene rings is 1.